The molecular formula is C12H16O5-2. The van der Waals surface area contributed by atoms with Crippen molar-refractivity contribution in [1.29, 1.82) is 0 Å². The first-order chi connectivity index (χ1) is 7.96. The highest BCUT2D eigenvalue weighted by molar-refractivity contribution is 5.86. The molecule has 0 bridgehead atoms. The van der Waals surface area contributed by atoms with E-state index in [0.717, 1.165) is 12.8 Å². The van der Waals surface area contributed by atoms with Gasteiger partial charge in [0.1, 0.15) is 5.78 Å². The van der Waals surface area contributed by atoms with Gasteiger partial charge >= 0.3 is 0 Å². The van der Waals surface area contributed by atoms with Crippen molar-refractivity contribution in [3.05, 3.63) is 0 Å². The molecule has 0 radical (unpaired) electrons. The third-order valence-electron chi connectivity index (χ3n) is 3.52. The first kappa shape index (κ1) is 13.7. The van der Waals surface area contributed by atoms with Crippen molar-refractivity contribution in [2.24, 2.45) is 5.41 Å². The quantitative estimate of drug-likeness (QED) is 0.604. The van der Waals surface area contributed by atoms with E-state index < -0.39 is 17.4 Å². The fourth-order valence-electron chi connectivity index (χ4n) is 2.49. The average Bonchev–Trinajstić information content (AvgIpc) is 2.26. The van der Waals surface area contributed by atoms with Gasteiger partial charge in [0.15, 0.2) is 0 Å². The van der Waals surface area contributed by atoms with Gasteiger partial charge in [0, 0.05) is 23.8 Å². The predicted octanol–water partition coefficient (Wildman–Crippen LogP) is -0.824. The van der Waals surface area contributed by atoms with Crippen LogP contribution in [-0.4, -0.2) is 17.7 Å². The molecule has 17 heavy (non-hydrogen) atoms. The Bertz CT molecular complexity index is 303. The lowest BCUT2D eigenvalue weighted by Gasteiger charge is -2.36. The van der Waals surface area contributed by atoms with Crippen LogP contribution in [-0.2, 0) is 14.4 Å². The Morgan fingerprint density at radius 1 is 1.06 bits per heavy atom. The summed E-state index contributed by atoms with van der Waals surface area (Å²) in [5, 5.41) is 21.0. The zero-order valence-corrected chi connectivity index (χ0v) is 9.70. The molecule has 0 aliphatic heterocycles. The van der Waals surface area contributed by atoms with Gasteiger partial charge in [-0.3, -0.25) is 4.79 Å². The van der Waals surface area contributed by atoms with E-state index >= 15 is 0 Å². The zero-order chi connectivity index (χ0) is 12.9. The number of carbonyl (C=O) groups excluding carboxylic acids is 3. The molecule has 0 saturated heterocycles. The van der Waals surface area contributed by atoms with E-state index in [0.29, 0.717) is 12.8 Å². The van der Waals surface area contributed by atoms with Crippen molar-refractivity contribution < 1.29 is 24.6 Å². The van der Waals surface area contributed by atoms with E-state index in [-0.39, 0.29) is 31.5 Å². The second kappa shape index (κ2) is 5.80. The lowest BCUT2D eigenvalue weighted by molar-refractivity contribution is -0.306. The number of ketones is 1. The number of hydrogen-bond acceptors (Lipinski definition) is 5. The maximum absolute atomic E-state index is 11.9. The fraction of sp³-hybridized carbons (Fsp3) is 0.750. The third kappa shape index (κ3) is 3.84. The molecular weight excluding hydrogens is 224 g/mol. The van der Waals surface area contributed by atoms with E-state index in [1.54, 1.807) is 0 Å². The van der Waals surface area contributed by atoms with Crippen molar-refractivity contribution in [3.63, 3.8) is 0 Å². The molecule has 0 amide bonds. The van der Waals surface area contributed by atoms with Crippen molar-refractivity contribution >= 4 is 17.7 Å². The van der Waals surface area contributed by atoms with Crippen molar-refractivity contribution in [3.8, 4) is 0 Å². The van der Waals surface area contributed by atoms with Crippen LogP contribution in [0.5, 0.6) is 0 Å². The van der Waals surface area contributed by atoms with E-state index in [4.69, 9.17) is 0 Å². The maximum Gasteiger partial charge on any atom is 0.139 e. The van der Waals surface area contributed by atoms with Crippen molar-refractivity contribution in [2.45, 2.75) is 51.4 Å². The van der Waals surface area contributed by atoms with Gasteiger partial charge in [-0.05, 0) is 38.5 Å². The summed E-state index contributed by atoms with van der Waals surface area (Å²) in [4.78, 5) is 32.9. The number of Topliss-reactive ketones (excluding diaryl/α,β-unsaturated/α-hetero) is 1. The molecule has 0 heterocycles. The van der Waals surface area contributed by atoms with Gasteiger partial charge in [-0.15, -0.1) is 0 Å². The molecule has 5 heteroatoms. The lowest BCUT2D eigenvalue weighted by atomic mass is 9.67. The molecule has 0 atom stereocenters. The molecule has 1 aliphatic rings. The monoisotopic (exact) mass is 240 g/mol. The molecule has 1 fully saturated rings. The van der Waals surface area contributed by atoms with Crippen LogP contribution in [0.2, 0.25) is 0 Å². The summed E-state index contributed by atoms with van der Waals surface area (Å²) in [6.07, 6.45) is 2.61. The first-order valence-electron chi connectivity index (χ1n) is 5.89. The van der Waals surface area contributed by atoms with Gasteiger partial charge in [0.25, 0.3) is 0 Å². The minimum atomic E-state index is -1.20. The first-order valence-corrected chi connectivity index (χ1v) is 5.89. The molecule has 0 aromatic heterocycles. The number of carboxylic acids is 2. The zero-order valence-electron chi connectivity index (χ0n) is 9.70. The Kier molecular flexibility index (Phi) is 4.66. The van der Waals surface area contributed by atoms with Gasteiger partial charge in [0.2, 0.25) is 0 Å². The summed E-state index contributed by atoms with van der Waals surface area (Å²) in [6.45, 7) is 0. The standard InChI is InChI=1S/C12H18O5/c13-9-3-1-2-6-12(9,7-4-10(14)15)8-5-11(16)17/h1-8H2,(H,14,15)(H,16,17)/p-2. The van der Waals surface area contributed by atoms with Crippen LogP contribution >= 0.6 is 0 Å². The van der Waals surface area contributed by atoms with E-state index in [2.05, 4.69) is 0 Å². The molecule has 0 unspecified atom stereocenters. The van der Waals surface area contributed by atoms with Crippen LogP contribution in [0.4, 0.5) is 0 Å². The highest BCUT2D eigenvalue weighted by Gasteiger charge is 2.38. The van der Waals surface area contributed by atoms with Gasteiger partial charge in [-0.1, -0.05) is 6.42 Å². The van der Waals surface area contributed by atoms with Crippen LogP contribution in [0.1, 0.15) is 51.4 Å². The largest absolute Gasteiger partial charge is 0.550 e. The highest BCUT2D eigenvalue weighted by Crippen LogP contribution is 2.41. The SMILES string of the molecule is O=C([O-])CCC1(CCC(=O)[O-])CCCCC1=O. The summed E-state index contributed by atoms with van der Waals surface area (Å²) in [5.74, 6) is -2.40. The van der Waals surface area contributed by atoms with Crippen LogP contribution in [0, 0.1) is 5.41 Å². The summed E-state index contributed by atoms with van der Waals surface area (Å²) < 4.78 is 0. The summed E-state index contributed by atoms with van der Waals surface area (Å²) >= 11 is 0. The molecule has 1 aliphatic carbocycles. The molecule has 5 nitrogen and oxygen atoms in total. The minimum absolute atomic E-state index is 0.00810. The Labute approximate surface area is 99.8 Å². The third-order valence-corrected chi connectivity index (χ3v) is 3.52. The smallest absolute Gasteiger partial charge is 0.139 e. The molecule has 96 valence electrons. The van der Waals surface area contributed by atoms with Crippen molar-refractivity contribution in [1.82, 2.24) is 0 Å². The number of aliphatic carboxylic acids is 2. The fourth-order valence-corrected chi connectivity index (χ4v) is 2.49. The van der Waals surface area contributed by atoms with Crippen LogP contribution in [0.25, 0.3) is 0 Å². The lowest BCUT2D eigenvalue weighted by Crippen LogP contribution is -2.38. The minimum Gasteiger partial charge on any atom is -0.550 e. The van der Waals surface area contributed by atoms with Crippen molar-refractivity contribution in [2.75, 3.05) is 0 Å². The molecule has 0 N–H and O–H groups in total. The number of carbonyl (C=O) groups is 3. The van der Waals surface area contributed by atoms with Gasteiger partial charge in [0.05, 0.1) is 0 Å². The topological polar surface area (TPSA) is 97.3 Å². The Morgan fingerprint density at radius 3 is 2.00 bits per heavy atom. The predicted molar refractivity (Wildman–Crippen MR) is 54.4 cm³/mol. The van der Waals surface area contributed by atoms with Gasteiger partial charge in [-0.2, -0.15) is 0 Å². The van der Waals surface area contributed by atoms with E-state index in [9.17, 15) is 24.6 Å². The normalized spacial score (nSPS) is 18.9. The van der Waals surface area contributed by atoms with Crippen LogP contribution in [0.15, 0.2) is 0 Å². The molecule has 0 aromatic carbocycles. The van der Waals surface area contributed by atoms with E-state index in [1.807, 2.05) is 0 Å². The van der Waals surface area contributed by atoms with Gasteiger partial charge < -0.3 is 19.8 Å². The Hall–Kier alpha value is -1.39. The van der Waals surface area contributed by atoms with Crippen LogP contribution < -0.4 is 10.2 Å². The highest BCUT2D eigenvalue weighted by atomic mass is 16.4. The molecule has 1 rings (SSSR count). The summed E-state index contributed by atoms with van der Waals surface area (Å²) in [7, 11) is 0. The second-order valence-corrected chi connectivity index (χ2v) is 4.65. The van der Waals surface area contributed by atoms with Crippen LogP contribution in [0.3, 0.4) is 0 Å². The molecule has 0 aromatic rings. The summed E-state index contributed by atoms with van der Waals surface area (Å²) in [6, 6.07) is 0. The average molecular weight is 240 g/mol. The maximum atomic E-state index is 11.9. The Balaban J connectivity index is 2.70. The van der Waals surface area contributed by atoms with Gasteiger partial charge in [-0.25, -0.2) is 0 Å². The molecule has 1 saturated carbocycles. The second-order valence-electron chi connectivity index (χ2n) is 4.65. The Morgan fingerprint density at radius 2 is 1.59 bits per heavy atom. The summed E-state index contributed by atoms with van der Waals surface area (Å²) in [5.41, 5.74) is -0.779. The number of hydrogen-bond donors (Lipinski definition) is 0. The van der Waals surface area contributed by atoms with E-state index in [1.165, 1.54) is 0 Å². The number of carboxylic acid groups (broad SMARTS) is 2. The molecule has 0 spiro atoms. The number of rotatable bonds is 6.